The molecule has 4 rings (SSSR count). The number of Topliss-reactive ketones (excluding diaryl/α,β-unsaturated/α-hetero) is 1. The van der Waals surface area contributed by atoms with Gasteiger partial charge in [-0.3, -0.25) is 14.5 Å². The summed E-state index contributed by atoms with van der Waals surface area (Å²) < 4.78 is 5.41. The number of anilines is 1. The molecule has 7 nitrogen and oxygen atoms in total. The molecule has 0 atom stereocenters. The number of benzene rings is 1. The molecule has 0 bridgehead atoms. The fourth-order valence-electron chi connectivity index (χ4n) is 3.74. The largest absolute Gasteiger partial charge is 0.354 e. The van der Waals surface area contributed by atoms with Crippen molar-refractivity contribution in [2.24, 2.45) is 0 Å². The van der Waals surface area contributed by atoms with Gasteiger partial charge < -0.3 is 14.3 Å². The van der Waals surface area contributed by atoms with E-state index in [1.54, 1.807) is 0 Å². The third-order valence-corrected chi connectivity index (χ3v) is 5.30. The van der Waals surface area contributed by atoms with E-state index in [-0.39, 0.29) is 18.1 Å². The van der Waals surface area contributed by atoms with Crippen molar-refractivity contribution in [1.29, 1.82) is 0 Å². The molecule has 2 aromatic rings. The van der Waals surface area contributed by atoms with E-state index in [4.69, 9.17) is 4.52 Å². The number of piperazine rings is 1. The average molecular weight is 356 g/mol. The van der Waals surface area contributed by atoms with Gasteiger partial charge in [-0.2, -0.15) is 0 Å². The van der Waals surface area contributed by atoms with Crippen LogP contribution in [-0.4, -0.2) is 72.5 Å². The highest BCUT2D eigenvalue weighted by atomic mass is 16.5. The van der Waals surface area contributed by atoms with Crippen molar-refractivity contribution >= 4 is 28.5 Å². The van der Waals surface area contributed by atoms with Gasteiger partial charge in [0.2, 0.25) is 5.91 Å². The number of aromatic nitrogens is 1. The Bertz CT molecular complexity index is 795. The first-order valence-corrected chi connectivity index (χ1v) is 9.32. The van der Waals surface area contributed by atoms with Crippen LogP contribution < -0.4 is 4.90 Å². The Hall–Kier alpha value is -2.41. The number of amides is 1. The van der Waals surface area contributed by atoms with Crippen LogP contribution in [0.15, 0.2) is 28.8 Å². The molecule has 3 heterocycles. The van der Waals surface area contributed by atoms with Crippen LogP contribution in [-0.2, 0) is 9.59 Å². The van der Waals surface area contributed by atoms with Gasteiger partial charge >= 0.3 is 0 Å². The first-order chi connectivity index (χ1) is 12.7. The van der Waals surface area contributed by atoms with Crippen LogP contribution >= 0.6 is 0 Å². The van der Waals surface area contributed by atoms with Crippen molar-refractivity contribution < 1.29 is 14.1 Å². The summed E-state index contributed by atoms with van der Waals surface area (Å²) in [4.78, 5) is 30.1. The predicted molar refractivity (Wildman–Crippen MR) is 98.1 cm³/mol. The molecule has 0 radical (unpaired) electrons. The topological polar surface area (TPSA) is 69.9 Å². The summed E-state index contributed by atoms with van der Waals surface area (Å²) in [5.41, 5.74) is 0.819. The molecule has 1 aromatic heterocycles. The van der Waals surface area contributed by atoms with Crippen molar-refractivity contribution in [2.45, 2.75) is 19.3 Å². The molecular formula is C19H24N4O3. The molecule has 0 saturated carbocycles. The number of carbonyl (C=O) groups is 2. The van der Waals surface area contributed by atoms with Crippen molar-refractivity contribution in [2.75, 3.05) is 50.7 Å². The molecular weight excluding hydrogens is 332 g/mol. The van der Waals surface area contributed by atoms with Crippen molar-refractivity contribution in [3.8, 4) is 0 Å². The predicted octanol–water partition coefficient (Wildman–Crippen LogP) is 1.53. The first-order valence-electron chi connectivity index (χ1n) is 9.32. The van der Waals surface area contributed by atoms with E-state index < -0.39 is 0 Å². The SMILES string of the molecule is O=C1CCCN(CCN2CCN(c3noc4ccccc34)CC2)C(=O)C1. The van der Waals surface area contributed by atoms with Gasteiger partial charge in [-0.05, 0) is 18.6 Å². The zero-order valence-electron chi connectivity index (χ0n) is 14.9. The molecule has 0 unspecified atom stereocenters. The number of carbonyl (C=O) groups excluding carboxylic acids is 2. The van der Waals surface area contributed by atoms with E-state index in [9.17, 15) is 9.59 Å². The highest BCUT2D eigenvalue weighted by Crippen LogP contribution is 2.26. The van der Waals surface area contributed by atoms with E-state index >= 15 is 0 Å². The molecule has 0 N–H and O–H groups in total. The Morgan fingerprint density at radius 3 is 2.65 bits per heavy atom. The van der Waals surface area contributed by atoms with Crippen LogP contribution in [0.3, 0.4) is 0 Å². The summed E-state index contributed by atoms with van der Waals surface area (Å²) in [7, 11) is 0. The summed E-state index contributed by atoms with van der Waals surface area (Å²) in [6, 6.07) is 7.93. The molecule has 2 aliphatic rings. The summed E-state index contributed by atoms with van der Waals surface area (Å²) >= 11 is 0. The summed E-state index contributed by atoms with van der Waals surface area (Å²) in [6.45, 7) is 5.91. The molecule has 2 saturated heterocycles. The molecule has 1 aromatic carbocycles. The van der Waals surface area contributed by atoms with Gasteiger partial charge in [-0.15, -0.1) is 0 Å². The maximum absolute atomic E-state index is 12.1. The second-order valence-corrected chi connectivity index (χ2v) is 7.03. The Balaban J connectivity index is 1.30. The van der Waals surface area contributed by atoms with Crippen molar-refractivity contribution in [3.63, 3.8) is 0 Å². The fraction of sp³-hybridized carbons (Fsp3) is 0.526. The van der Waals surface area contributed by atoms with Crippen LogP contribution in [0.5, 0.6) is 0 Å². The van der Waals surface area contributed by atoms with Gasteiger partial charge in [0, 0.05) is 52.2 Å². The lowest BCUT2D eigenvalue weighted by Gasteiger charge is -2.35. The maximum Gasteiger partial charge on any atom is 0.230 e. The Kier molecular flexibility index (Phi) is 4.88. The average Bonchev–Trinajstić information content (AvgIpc) is 3.01. The third-order valence-electron chi connectivity index (χ3n) is 5.30. The number of ketones is 1. The normalized spacial score (nSPS) is 20.0. The number of fused-ring (bicyclic) bond motifs is 1. The van der Waals surface area contributed by atoms with Crippen molar-refractivity contribution in [1.82, 2.24) is 15.0 Å². The Morgan fingerprint density at radius 1 is 1.00 bits per heavy atom. The molecule has 7 heteroatoms. The lowest BCUT2D eigenvalue weighted by molar-refractivity contribution is -0.134. The molecule has 138 valence electrons. The minimum Gasteiger partial charge on any atom is -0.354 e. The second kappa shape index (κ2) is 7.45. The quantitative estimate of drug-likeness (QED) is 0.774. The van der Waals surface area contributed by atoms with Gasteiger partial charge in [-0.25, -0.2) is 0 Å². The minimum absolute atomic E-state index is 0.0137. The van der Waals surface area contributed by atoms with E-state index in [0.717, 1.165) is 55.9 Å². The van der Waals surface area contributed by atoms with Crippen molar-refractivity contribution in [3.05, 3.63) is 24.3 Å². The van der Waals surface area contributed by atoms with Gasteiger partial charge in [0.25, 0.3) is 0 Å². The third kappa shape index (κ3) is 3.58. The van der Waals surface area contributed by atoms with Crippen LogP contribution in [0.4, 0.5) is 5.82 Å². The highest BCUT2D eigenvalue weighted by molar-refractivity contribution is 5.98. The summed E-state index contributed by atoms with van der Waals surface area (Å²) in [5.74, 6) is 0.979. The van der Waals surface area contributed by atoms with E-state index in [2.05, 4.69) is 15.0 Å². The number of hydrogen-bond acceptors (Lipinski definition) is 6. The van der Waals surface area contributed by atoms with Crippen LogP contribution in [0.25, 0.3) is 11.0 Å². The molecule has 1 amide bonds. The molecule has 0 spiro atoms. The summed E-state index contributed by atoms with van der Waals surface area (Å²) in [6.07, 6.45) is 1.40. The number of para-hydroxylation sites is 1. The molecule has 26 heavy (non-hydrogen) atoms. The monoisotopic (exact) mass is 356 g/mol. The van der Waals surface area contributed by atoms with Gasteiger partial charge in [-0.1, -0.05) is 17.3 Å². The van der Waals surface area contributed by atoms with Crippen LogP contribution in [0.1, 0.15) is 19.3 Å². The zero-order chi connectivity index (χ0) is 17.9. The lowest BCUT2D eigenvalue weighted by atomic mass is 10.2. The van der Waals surface area contributed by atoms with Gasteiger partial charge in [0.05, 0.1) is 11.8 Å². The summed E-state index contributed by atoms with van der Waals surface area (Å²) in [5, 5.41) is 5.29. The Morgan fingerprint density at radius 2 is 1.81 bits per heavy atom. The molecule has 0 aliphatic carbocycles. The van der Waals surface area contributed by atoms with Crippen LogP contribution in [0.2, 0.25) is 0 Å². The van der Waals surface area contributed by atoms with Gasteiger partial charge in [0.15, 0.2) is 11.4 Å². The Labute approximate surface area is 152 Å². The van der Waals surface area contributed by atoms with E-state index in [1.807, 2.05) is 29.2 Å². The molecule has 2 aliphatic heterocycles. The number of nitrogens with zero attached hydrogens (tertiary/aromatic N) is 4. The van der Waals surface area contributed by atoms with Gasteiger partial charge in [0.1, 0.15) is 5.78 Å². The highest BCUT2D eigenvalue weighted by Gasteiger charge is 2.24. The fourth-order valence-corrected chi connectivity index (χ4v) is 3.74. The molecule has 2 fully saturated rings. The smallest absolute Gasteiger partial charge is 0.230 e. The number of rotatable bonds is 4. The number of likely N-dealkylation sites (tertiary alicyclic amines) is 1. The van der Waals surface area contributed by atoms with E-state index in [1.165, 1.54) is 0 Å². The number of hydrogen-bond donors (Lipinski definition) is 0. The van der Waals surface area contributed by atoms with Crippen LogP contribution in [0, 0.1) is 0 Å². The first kappa shape index (κ1) is 17.0. The van der Waals surface area contributed by atoms with E-state index in [0.29, 0.717) is 19.5 Å². The minimum atomic E-state index is -0.0137. The standard InChI is InChI=1S/C19H24N4O3/c24-15-4-3-7-22(18(25)14-15)11-8-21-9-12-23(13-10-21)19-16-5-1-2-6-17(16)26-20-19/h1-2,5-6H,3-4,7-14H2. The second-order valence-electron chi connectivity index (χ2n) is 7.03. The zero-order valence-corrected chi connectivity index (χ0v) is 14.9. The lowest BCUT2D eigenvalue weighted by Crippen LogP contribution is -2.49. The maximum atomic E-state index is 12.1.